The van der Waals surface area contributed by atoms with Gasteiger partial charge < -0.3 is 4.57 Å². The van der Waals surface area contributed by atoms with Crippen molar-refractivity contribution in [2.75, 3.05) is 0 Å². The summed E-state index contributed by atoms with van der Waals surface area (Å²) in [4.78, 5) is 23.4. The summed E-state index contributed by atoms with van der Waals surface area (Å²) in [5, 5.41) is 13.6. The summed E-state index contributed by atoms with van der Waals surface area (Å²) < 4.78 is 2.51. The van der Waals surface area contributed by atoms with Gasteiger partial charge in [-0.3, -0.25) is 14.9 Å². The van der Waals surface area contributed by atoms with E-state index in [1.807, 2.05) is 17.5 Å². The lowest BCUT2D eigenvalue weighted by molar-refractivity contribution is -0.384. The summed E-state index contributed by atoms with van der Waals surface area (Å²) in [6.07, 6.45) is 1.77. The van der Waals surface area contributed by atoms with Gasteiger partial charge in [-0.25, -0.2) is 0 Å². The van der Waals surface area contributed by atoms with E-state index in [4.69, 9.17) is 0 Å². The van der Waals surface area contributed by atoms with Crippen LogP contribution in [0, 0.1) is 10.1 Å². The molecule has 0 atom stereocenters. The van der Waals surface area contributed by atoms with E-state index in [-0.39, 0.29) is 18.0 Å². The minimum absolute atomic E-state index is 0.0206. The van der Waals surface area contributed by atoms with E-state index < -0.39 is 4.92 Å². The first-order chi connectivity index (χ1) is 10.1. The monoisotopic (exact) mass is 364 g/mol. The molecule has 0 amide bonds. The Bertz CT molecular complexity index is 853. The second kappa shape index (κ2) is 5.42. The number of fused-ring (bicyclic) bond motifs is 1. The number of benzene rings is 1. The van der Waals surface area contributed by atoms with Gasteiger partial charge in [0.15, 0.2) is 5.78 Å². The first-order valence-electron chi connectivity index (χ1n) is 6.06. The second-order valence-electron chi connectivity index (χ2n) is 4.46. The molecule has 5 nitrogen and oxygen atoms in total. The highest BCUT2D eigenvalue weighted by molar-refractivity contribution is 9.10. The van der Waals surface area contributed by atoms with Crippen LogP contribution in [0.25, 0.3) is 10.9 Å². The Labute approximate surface area is 132 Å². The number of nitrogens with zero attached hydrogens (tertiary/aromatic N) is 2. The third-order valence-electron chi connectivity index (χ3n) is 3.15. The molecule has 0 unspecified atom stereocenters. The number of aromatic nitrogens is 1. The number of Topliss-reactive ketones (excluding diaryl/α,β-unsaturated/α-hetero) is 1. The average Bonchev–Trinajstić information content (AvgIpc) is 3.05. The smallest absolute Gasteiger partial charge is 0.271 e. The van der Waals surface area contributed by atoms with Crippen LogP contribution in [0.3, 0.4) is 0 Å². The maximum absolute atomic E-state index is 12.3. The number of thiophene rings is 1. The number of nitro benzene ring substituents is 1. The molecule has 0 aliphatic carbocycles. The number of non-ortho nitro benzene ring substituents is 1. The molecule has 1 aromatic carbocycles. The molecule has 106 valence electrons. The van der Waals surface area contributed by atoms with Gasteiger partial charge in [-0.1, -0.05) is 0 Å². The van der Waals surface area contributed by atoms with E-state index in [9.17, 15) is 14.9 Å². The third kappa shape index (κ3) is 2.62. The Morgan fingerprint density at radius 3 is 2.81 bits per heavy atom. The molecule has 0 radical (unpaired) electrons. The molecule has 0 fully saturated rings. The highest BCUT2D eigenvalue weighted by atomic mass is 79.9. The maximum atomic E-state index is 12.3. The Hall–Kier alpha value is -1.99. The second-order valence-corrected chi connectivity index (χ2v) is 6.24. The van der Waals surface area contributed by atoms with Crippen molar-refractivity contribution in [3.63, 3.8) is 0 Å². The van der Waals surface area contributed by atoms with Crippen molar-refractivity contribution in [2.24, 2.45) is 0 Å². The van der Waals surface area contributed by atoms with Gasteiger partial charge in [-0.2, -0.15) is 0 Å². The van der Waals surface area contributed by atoms with E-state index in [2.05, 4.69) is 15.9 Å². The zero-order chi connectivity index (χ0) is 15.0. The Kier molecular flexibility index (Phi) is 3.60. The van der Waals surface area contributed by atoms with Crippen LogP contribution in [0.2, 0.25) is 0 Å². The lowest BCUT2D eigenvalue weighted by Crippen LogP contribution is -2.08. The van der Waals surface area contributed by atoms with Crippen molar-refractivity contribution in [3.8, 4) is 0 Å². The summed E-state index contributed by atoms with van der Waals surface area (Å²) in [5.41, 5.74) is 0.706. The van der Waals surface area contributed by atoms with Gasteiger partial charge in [0.25, 0.3) is 5.69 Å². The fourth-order valence-corrected chi connectivity index (χ4v) is 3.67. The number of hydrogen-bond donors (Lipinski definition) is 0. The van der Waals surface area contributed by atoms with Gasteiger partial charge in [0.05, 0.1) is 21.9 Å². The van der Waals surface area contributed by atoms with E-state index in [1.54, 1.807) is 16.8 Å². The number of nitro groups is 1. The number of halogens is 1. The molecule has 21 heavy (non-hydrogen) atoms. The van der Waals surface area contributed by atoms with Gasteiger partial charge in [-0.05, 0) is 39.5 Å². The van der Waals surface area contributed by atoms with Crippen molar-refractivity contribution in [1.29, 1.82) is 0 Å². The number of hydrogen-bond acceptors (Lipinski definition) is 4. The molecular formula is C14H9BrN2O3S. The summed E-state index contributed by atoms with van der Waals surface area (Å²) in [6, 6.07) is 8.32. The summed E-state index contributed by atoms with van der Waals surface area (Å²) in [5.74, 6) is -0.0270. The largest absolute Gasteiger partial charge is 0.339 e. The minimum Gasteiger partial charge on any atom is -0.339 e. The molecule has 0 saturated heterocycles. The average molecular weight is 365 g/mol. The van der Waals surface area contributed by atoms with Crippen molar-refractivity contribution in [2.45, 2.75) is 6.54 Å². The number of carbonyl (C=O) groups excluding carboxylic acids is 1. The van der Waals surface area contributed by atoms with Crippen LogP contribution in [-0.4, -0.2) is 15.3 Å². The predicted octanol–water partition coefficient (Wildman–Crippen LogP) is 4.26. The maximum Gasteiger partial charge on any atom is 0.271 e. The molecule has 0 aliphatic heterocycles. The highest BCUT2D eigenvalue weighted by Crippen LogP contribution is 2.26. The number of rotatable bonds is 4. The van der Waals surface area contributed by atoms with Gasteiger partial charge in [-0.15, -0.1) is 11.3 Å². The van der Waals surface area contributed by atoms with Crippen LogP contribution in [0.5, 0.6) is 0 Å². The van der Waals surface area contributed by atoms with Crippen molar-refractivity contribution in [3.05, 3.63) is 61.4 Å². The van der Waals surface area contributed by atoms with Crippen LogP contribution in [0.1, 0.15) is 9.67 Å². The topological polar surface area (TPSA) is 65.1 Å². The zero-order valence-electron chi connectivity index (χ0n) is 10.7. The van der Waals surface area contributed by atoms with Crippen LogP contribution in [0.4, 0.5) is 5.69 Å². The van der Waals surface area contributed by atoms with E-state index in [0.29, 0.717) is 10.4 Å². The van der Waals surface area contributed by atoms with Gasteiger partial charge >= 0.3 is 0 Å². The molecule has 7 heteroatoms. The lowest BCUT2D eigenvalue weighted by atomic mass is 10.2. The summed E-state index contributed by atoms with van der Waals surface area (Å²) >= 11 is 4.72. The standard InChI is InChI=1S/C14H9BrN2O3S/c15-11-4-6-21-14(11)13(18)8-16-5-3-9-1-2-10(17(19)20)7-12(9)16/h1-7H,8H2. The first kappa shape index (κ1) is 14.0. The third-order valence-corrected chi connectivity index (χ3v) is 5.03. The van der Waals surface area contributed by atoms with Crippen molar-refractivity contribution >= 4 is 49.6 Å². The molecule has 3 rings (SSSR count). The van der Waals surface area contributed by atoms with Gasteiger partial charge in [0, 0.05) is 28.2 Å². The Balaban J connectivity index is 1.97. The van der Waals surface area contributed by atoms with Crippen LogP contribution < -0.4 is 0 Å². The van der Waals surface area contributed by atoms with E-state index in [1.165, 1.54) is 23.5 Å². The molecule has 0 N–H and O–H groups in total. The van der Waals surface area contributed by atoms with Crippen LogP contribution in [-0.2, 0) is 6.54 Å². The summed E-state index contributed by atoms with van der Waals surface area (Å²) in [7, 11) is 0. The quantitative estimate of drug-likeness (QED) is 0.394. The van der Waals surface area contributed by atoms with Gasteiger partial charge in [0.1, 0.15) is 0 Å². The molecule has 2 aromatic heterocycles. The van der Waals surface area contributed by atoms with Crippen molar-refractivity contribution < 1.29 is 9.72 Å². The first-order valence-corrected chi connectivity index (χ1v) is 7.73. The Morgan fingerprint density at radius 1 is 1.33 bits per heavy atom. The zero-order valence-corrected chi connectivity index (χ0v) is 13.1. The van der Waals surface area contributed by atoms with Gasteiger partial charge in [0.2, 0.25) is 0 Å². The van der Waals surface area contributed by atoms with Crippen LogP contribution >= 0.6 is 27.3 Å². The number of ketones is 1. The van der Waals surface area contributed by atoms with Crippen LogP contribution in [0.15, 0.2) is 46.4 Å². The molecular weight excluding hydrogens is 356 g/mol. The molecule has 2 heterocycles. The fraction of sp³-hybridized carbons (Fsp3) is 0.0714. The summed E-state index contributed by atoms with van der Waals surface area (Å²) in [6.45, 7) is 0.157. The fourth-order valence-electron chi connectivity index (χ4n) is 2.14. The molecule has 0 saturated carbocycles. The van der Waals surface area contributed by atoms with E-state index in [0.717, 1.165) is 9.86 Å². The molecule has 0 aliphatic rings. The number of carbonyl (C=O) groups is 1. The predicted molar refractivity (Wildman–Crippen MR) is 84.9 cm³/mol. The molecule has 3 aromatic rings. The minimum atomic E-state index is -0.436. The Morgan fingerprint density at radius 2 is 2.14 bits per heavy atom. The van der Waals surface area contributed by atoms with E-state index >= 15 is 0 Å². The molecule has 0 spiro atoms. The SMILES string of the molecule is O=C(Cn1ccc2ccc([N+](=O)[O-])cc21)c1sccc1Br. The molecule has 0 bridgehead atoms. The lowest BCUT2D eigenvalue weighted by Gasteiger charge is -2.04. The highest BCUT2D eigenvalue weighted by Gasteiger charge is 2.15. The van der Waals surface area contributed by atoms with Crippen molar-refractivity contribution in [1.82, 2.24) is 4.57 Å². The normalized spacial score (nSPS) is 10.9.